The van der Waals surface area contributed by atoms with Gasteiger partial charge in [-0.15, -0.1) is 0 Å². The van der Waals surface area contributed by atoms with Gasteiger partial charge in [0.1, 0.15) is 0 Å². The predicted molar refractivity (Wildman–Crippen MR) is 73.1 cm³/mol. The van der Waals surface area contributed by atoms with Crippen LogP contribution in [0.15, 0.2) is 0 Å². The van der Waals surface area contributed by atoms with Crippen molar-refractivity contribution in [2.75, 3.05) is 20.6 Å². The van der Waals surface area contributed by atoms with Crippen LogP contribution < -0.4 is 10.6 Å². The first-order valence-electron chi connectivity index (χ1n) is 6.71. The van der Waals surface area contributed by atoms with Gasteiger partial charge in [0.2, 0.25) is 0 Å². The third-order valence-electron chi connectivity index (χ3n) is 4.19. The van der Waals surface area contributed by atoms with Crippen molar-refractivity contribution < 1.29 is 14.7 Å². The highest BCUT2D eigenvalue weighted by Gasteiger charge is 2.45. The molecular weight excluding hydrogens is 246 g/mol. The minimum Gasteiger partial charge on any atom is -0.481 e. The molecule has 0 aromatic heterocycles. The highest BCUT2D eigenvalue weighted by Crippen LogP contribution is 2.38. The zero-order valence-corrected chi connectivity index (χ0v) is 12.2. The molecule has 6 heteroatoms. The number of hydrogen-bond donors (Lipinski definition) is 3. The first kappa shape index (κ1) is 15.8. The van der Waals surface area contributed by atoms with Gasteiger partial charge in [-0.25, -0.2) is 4.79 Å². The Hall–Kier alpha value is -1.30. The SMILES string of the molecule is CC(CNC(=O)NC1CCCC1(C)C(=O)O)N(C)C. The van der Waals surface area contributed by atoms with Crippen LogP contribution in [0.5, 0.6) is 0 Å². The van der Waals surface area contributed by atoms with Crippen LogP contribution in [0.25, 0.3) is 0 Å². The van der Waals surface area contributed by atoms with Crippen molar-refractivity contribution in [2.24, 2.45) is 5.41 Å². The summed E-state index contributed by atoms with van der Waals surface area (Å²) in [5.74, 6) is -0.836. The minimum atomic E-state index is -0.843. The molecule has 1 fully saturated rings. The summed E-state index contributed by atoms with van der Waals surface area (Å²) in [4.78, 5) is 25.1. The van der Waals surface area contributed by atoms with Gasteiger partial charge in [0.15, 0.2) is 0 Å². The number of hydrogen-bond acceptors (Lipinski definition) is 3. The van der Waals surface area contributed by atoms with Crippen LogP contribution >= 0.6 is 0 Å². The number of carboxylic acid groups (broad SMARTS) is 1. The number of carbonyl (C=O) groups excluding carboxylic acids is 1. The molecule has 3 N–H and O–H groups in total. The number of carboxylic acids is 1. The lowest BCUT2D eigenvalue weighted by Crippen LogP contribution is -2.51. The topological polar surface area (TPSA) is 81.7 Å². The van der Waals surface area contributed by atoms with Crippen LogP contribution in [-0.4, -0.2) is 54.7 Å². The van der Waals surface area contributed by atoms with E-state index in [0.29, 0.717) is 13.0 Å². The predicted octanol–water partition coefficient (Wildman–Crippen LogP) is 0.879. The summed E-state index contributed by atoms with van der Waals surface area (Å²) in [7, 11) is 3.89. The third-order valence-corrected chi connectivity index (χ3v) is 4.19. The zero-order chi connectivity index (χ0) is 14.6. The van der Waals surface area contributed by atoms with E-state index in [-0.39, 0.29) is 18.1 Å². The van der Waals surface area contributed by atoms with E-state index in [4.69, 9.17) is 0 Å². The van der Waals surface area contributed by atoms with E-state index in [1.54, 1.807) is 6.92 Å². The molecule has 0 spiro atoms. The van der Waals surface area contributed by atoms with Gasteiger partial charge in [0, 0.05) is 18.6 Å². The average molecular weight is 271 g/mol. The molecule has 0 heterocycles. The number of nitrogens with zero attached hydrogens (tertiary/aromatic N) is 1. The largest absolute Gasteiger partial charge is 0.481 e. The van der Waals surface area contributed by atoms with Crippen molar-refractivity contribution in [2.45, 2.75) is 45.2 Å². The summed E-state index contributed by atoms with van der Waals surface area (Å²) in [5, 5.41) is 14.8. The van der Waals surface area contributed by atoms with Gasteiger partial charge in [-0.2, -0.15) is 0 Å². The van der Waals surface area contributed by atoms with Crippen molar-refractivity contribution in [3.8, 4) is 0 Å². The van der Waals surface area contributed by atoms with Crippen LogP contribution in [0, 0.1) is 5.41 Å². The molecule has 6 nitrogen and oxygen atoms in total. The highest BCUT2D eigenvalue weighted by molar-refractivity contribution is 5.79. The van der Waals surface area contributed by atoms with Gasteiger partial charge in [0.25, 0.3) is 0 Å². The number of carbonyl (C=O) groups is 2. The van der Waals surface area contributed by atoms with Gasteiger partial charge in [0.05, 0.1) is 5.41 Å². The van der Waals surface area contributed by atoms with Gasteiger partial charge >= 0.3 is 12.0 Å². The highest BCUT2D eigenvalue weighted by atomic mass is 16.4. The molecule has 2 amide bonds. The van der Waals surface area contributed by atoms with Gasteiger partial charge < -0.3 is 20.6 Å². The maximum absolute atomic E-state index is 11.8. The molecule has 3 atom stereocenters. The molecule has 0 radical (unpaired) electrons. The van der Waals surface area contributed by atoms with Gasteiger partial charge in [-0.05, 0) is 40.8 Å². The molecule has 0 aromatic rings. The maximum Gasteiger partial charge on any atom is 0.315 e. The Morgan fingerprint density at radius 3 is 2.63 bits per heavy atom. The number of rotatable bonds is 5. The van der Waals surface area contributed by atoms with E-state index >= 15 is 0 Å². The molecular formula is C13H25N3O3. The first-order chi connectivity index (χ1) is 8.77. The van der Waals surface area contributed by atoms with Crippen molar-refractivity contribution >= 4 is 12.0 Å². The molecule has 1 aliphatic carbocycles. The molecule has 110 valence electrons. The molecule has 0 aromatic carbocycles. The lowest BCUT2D eigenvalue weighted by atomic mass is 9.85. The number of aliphatic carboxylic acids is 1. The Kier molecular flexibility index (Phi) is 5.17. The zero-order valence-electron chi connectivity index (χ0n) is 12.2. The lowest BCUT2D eigenvalue weighted by molar-refractivity contribution is -0.148. The average Bonchev–Trinajstić information content (AvgIpc) is 2.69. The fraction of sp³-hybridized carbons (Fsp3) is 0.846. The molecule has 1 saturated carbocycles. The number of nitrogens with one attached hydrogen (secondary N) is 2. The minimum absolute atomic E-state index is 0.236. The maximum atomic E-state index is 11.8. The second-order valence-electron chi connectivity index (χ2n) is 5.83. The Balaban J connectivity index is 2.46. The Bertz CT molecular complexity index is 346. The fourth-order valence-corrected chi connectivity index (χ4v) is 2.29. The van der Waals surface area contributed by atoms with Crippen molar-refractivity contribution in [1.82, 2.24) is 15.5 Å². The van der Waals surface area contributed by atoms with Gasteiger partial charge in [-0.1, -0.05) is 6.42 Å². The molecule has 0 saturated heterocycles. The molecule has 1 aliphatic rings. The molecule has 3 unspecified atom stereocenters. The van der Waals surface area contributed by atoms with Crippen molar-refractivity contribution in [1.29, 1.82) is 0 Å². The van der Waals surface area contributed by atoms with E-state index in [0.717, 1.165) is 12.8 Å². The van der Waals surface area contributed by atoms with Crippen molar-refractivity contribution in [3.63, 3.8) is 0 Å². The third kappa shape index (κ3) is 3.83. The Morgan fingerprint density at radius 2 is 2.11 bits per heavy atom. The fourth-order valence-electron chi connectivity index (χ4n) is 2.29. The van der Waals surface area contributed by atoms with Crippen LogP contribution in [0.1, 0.15) is 33.1 Å². The summed E-state index contributed by atoms with van der Waals surface area (Å²) in [6.07, 6.45) is 2.17. The van der Waals surface area contributed by atoms with E-state index in [1.165, 1.54) is 0 Å². The van der Waals surface area contributed by atoms with Gasteiger partial charge in [-0.3, -0.25) is 4.79 Å². The second-order valence-corrected chi connectivity index (χ2v) is 5.83. The Labute approximate surface area is 114 Å². The Morgan fingerprint density at radius 1 is 1.47 bits per heavy atom. The number of amides is 2. The summed E-state index contributed by atoms with van der Waals surface area (Å²) in [6.45, 7) is 4.25. The van der Waals surface area contributed by atoms with E-state index in [9.17, 15) is 14.7 Å². The van der Waals surface area contributed by atoms with Crippen LogP contribution in [0.2, 0.25) is 0 Å². The van der Waals surface area contributed by atoms with E-state index in [2.05, 4.69) is 10.6 Å². The number of likely N-dealkylation sites (N-methyl/N-ethyl adjacent to an activating group) is 1. The molecule has 0 aliphatic heterocycles. The smallest absolute Gasteiger partial charge is 0.315 e. The quantitative estimate of drug-likeness (QED) is 0.693. The standard InChI is InChI=1S/C13H25N3O3/c1-9(16(3)4)8-14-12(19)15-10-6-5-7-13(10,2)11(17)18/h9-10H,5-8H2,1-4H3,(H,17,18)(H2,14,15,19). The summed E-state index contributed by atoms with van der Waals surface area (Å²) in [5.41, 5.74) is -0.843. The summed E-state index contributed by atoms with van der Waals surface area (Å²) in [6, 6.07) is -0.340. The second kappa shape index (κ2) is 6.23. The molecule has 19 heavy (non-hydrogen) atoms. The normalized spacial score (nSPS) is 28.2. The van der Waals surface area contributed by atoms with Crippen LogP contribution in [0.3, 0.4) is 0 Å². The lowest BCUT2D eigenvalue weighted by Gasteiger charge is -2.28. The van der Waals surface area contributed by atoms with Crippen molar-refractivity contribution in [3.05, 3.63) is 0 Å². The monoisotopic (exact) mass is 271 g/mol. The van der Waals surface area contributed by atoms with Crippen LogP contribution in [0.4, 0.5) is 4.79 Å². The number of urea groups is 1. The summed E-state index contributed by atoms with van der Waals surface area (Å²) < 4.78 is 0. The van der Waals surface area contributed by atoms with E-state index < -0.39 is 11.4 Å². The molecule has 0 bridgehead atoms. The summed E-state index contributed by atoms with van der Waals surface area (Å²) >= 11 is 0. The van der Waals surface area contributed by atoms with E-state index in [1.807, 2.05) is 25.9 Å². The first-order valence-corrected chi connectivity index (χ1v) is 6.71. The van der Waals surface area contributed by atoms with Crippen LogP contribution in [-0.2, 0) is 4.79 Å². The molecule has 1 rings (SSSR count).